The molecule has 93 heavy (non-hydrogen) atoms. The Morgan fingerprint density at radius 2 is 0.753 bits per heavy atom. The quantitative estimate of drug-likeness (QED) is 0.0204. The highest BCUT2D eigenvalue weighted by Gasteiger charge is 2.51. The zero-order chi connectivity index (χ0) is 67.3. The smallest absolute Gasteiger partial charge is 0.220 e. The van der Waals surface area contributed by atoms with Crippen LogP contribution in [0.4, 0.5) is 0 Å². The number of allylic oxidation sites excluding steroid dienone is 13. The van der Waals surface area contributed by atoms with E-state index in [9.17, 15) is 45.6 Å². The van der Waals surface area contributed by atoms with Gasteiger partial charge in [0.2, 0.25) is 5.91 Å². The maximum atomic E-state index is 13.3. The molecule has 0 aromatic heterocycles. The number of unbranched alkanes of at least 4 members (excludes halogenated alkanes) is 38. The fourth-order valence-electron chi connectivity index (χ4n) is 12.3. The predicted molar refractivity (Wildman–Crippen MR) is 383 cm³/mol. The van der Waals surface area contributed by atoms with Crippen LogP contribution in [0, 0.1) is 0 Å². The summed E-state index contributed by atoms with van der Waals surface area (Å²) in [6.45, 7) is 2.70. The molecular weight excluding hydrogens is 1170 g/mol. The van der Waals surface area contributed by atoms with Gasteiger partial charge < -0.3 is 65.1 Å². The van der Waals surface area contributed by atoms with Gasteiger partial charge in [-0.3, -0.25) is 4.79 Å². The first-order chi connectivity index (χ1) is 45.6. The van der Waals surface area contributed by atoms with Gasteiger partial charge in [0.15, 0.2) is 12.6 Å². The van der Waals surface area contributed by atoms with Crippen LogP contribution in [-0.4, -0.2) is 140 Å². The molecule has 14 heteroatoms. The second-order valence-electron chi connectivity index (χ2n) is 26.7. The second kappa shape index (κ2) is 62.7. The number of amides is 1. The van der Waals surface area contributed by atoms with E-state index in [0.717, 1.165) is 64.2 Å². The Labute approximate surface area is 567 Å². The first kappa shape index (κ1) is 86.3. The summed E-state index contributed by atoms with van der Waals surface area (Å²) in [6, 6.07) is -0.933. The molecule has 0 radical (unpaired) electrons. The molecule has 0 aliphatic carbocycles. The van der Waals surface area contributed by atoms with Crippen LogP contribution in [0.15, 0.2) is 85.1 Å². The number of hydrogen-bond donors (Lipinski definition) is 9. The average Bonchev–Trinajstić information content (AvgIpc) is 0.958. The van der Waals surface area contributed by atoms with E-state index in [1.165, 1.54) is 218 Å². The van der Waals surface area contributed by atoms with Crippen molar-refractivity contribution in [3.8, 4) is 0 Å². The molecule has 0 aromatic rings. The molecule has 0 spiro atoms. The highest BCUT2D eigenvalue weighted by atomic mass is 16.7. The number of hydrogen-bond acceptors (Lipinski definition) is 13. The van der Waals surface area contributed by atoms with Crippen molar-refractivity contribution in [3.05, 3.63) is 85.1 Å². The lowest BCUT2D eigenvalue weighted by Gasteiger charge is -2.46. The second-order valence-corrected chi connectivity index (χ2v) is 26.7. The maximum Gasteiger partial charge on any atom is 0.220 e. The average molecular weight is 1310 g/mol. The molecule has 9 N–H and O–H groups in total. The van der Waals surface area contributed by atoms with Crippen LogP contribution in [-0.2, 0) is 23.7 Å². The first-order valence-corrected chi connectivity index (χ1v) is 38.3. The molecule has 2 aliphatic rings. The first-order valence-electron chi connectivity index (χ1n) is 38.3. The van der Waals surface area contributed by atoms with E-state index >= 15 is 0 Å². The molecule has 14 nitrogen and oxygen atoms in total. The molecule has 2 aliphatic heterocycles. The maximum absolute atomic E-state index is 13.3. The summed E-state index contributed by atoms with van der Waals surface area (Å²) in [5.74, 6) is -0.245. The van der Waals surface area contributed by atoms with Crippen LogP contribution in [0.5, 0.6) is 0 Å². The van der Waals surface area contributed by atoms with Crippen LogP contribution in [0.3, 0.4) is 0 Å². The number of rotatable bonds is 63. The fourth-order valence-corrected chi connectivity index (χ4v) is 12.3. The molecular formula is C79H141NO13. The SMILES string of the molecule is CC/C=C\C/C=C\C/C=C\C/C=C\C/C=C\CCCCCCCCCCCCCCCCCCCCCCCCCCCC(=O)NC(COC1OC(CO)C(OC2OC(CO)C(O)C(O)C2O)C(O)C1O)C(O)/C=C/CC/C=C/CCCCCCCCCCCCCC. The van der Waals surface area contributed by atoms with Gasteiger partial charge in [-0.15, -0.1) is 0 Å². The van der Waals surface area contributed by atoms with Crippen molar-refractivity contribution < 1.29 is 64.6 Å². The van der Waals surface area contributed by atoms with Crippen molar-refractivity contribution in [1.29, 1.82) is 0 Å². The van der Waals surface area contributed by atoms with Gasteiger partial charge in [0.05, 0.1) is 32.0 Å². The topological polar surface area (TPSA) is 228 Å². The van der Waals surface area contributed by atoms with E-state index in [1.54, 1.807) is 6.08 Å². The number of carbonyl (C=O) groups is 1. The van der Waals surface area contributed by atoms with Gasteiger partial charge in [-0.2, -0.15) is 0 Å². The van der Waals surface area contributed by atoms with E-state index in [0.29, 0.717) is 12.8 Å². The van der Waals surface area contributed by atoms with E-state index in [4.69, 9.17) is 18.9 Å². The van der Waals surface area contributed by atoms with Crippen molar-refractivity contribution in [2.24, 2.45) is 0 Å². The Morgan fingerprint density at radius 3 is 1.18 bits per heavy atom. The third-order valence-corrected chi connectivity index (χ3v) is 18.3. The van der Waals surface area contributed by atoms with Crippen molar-refractivity contribution in [2.45, 2.75) is 389 Å². The summed E-state index contributed by atoms with van der Waals surface area (Å²) in [7, 11) is 0. The molecule has 12 atom stereocenters. The van der Waals surface area contributed by atoms with Gasteiger partial charge in [0, 0.05) is 6.42 Å². The molecule has 0 bridgehead atoms. The Hall–Kier alpha value is -2.83. The predicted octanol–water partition coefficient (Wildman–Crippen LogP) is 16.7. The van der Waals surface area contributed by atoms with Gasteiger partial charge in [-0.05, 0) is 77.0 Å². The standard InChI is InChI=1S/C79H141NO13/c1-3-5-7-9-11-13-15-17-19-21-23-24-25-26-27-28-29-30-31-32-33-34-35-36-37-38-39-40-41-42-43-44-45-47-49-51-53-55-57-59-61-63-71(84)80-67(68(83)62-60-58-56-54-52-50-48-46-22-20-18-16-14-12-10-8-6-4-2)66-90-78-76(89)74(87)77(70(65-82)92-78)93-79-75(88)73(86)72(85)69(64-81)91-79/h5,7,11,13,17,19,23-24,26-27,52,54,60,62,67-70,72-79,81-83,85-89H,3-4,6,8-10,12,14-16,18,20-22,25,28-51,53,55-59,61,63-66H2,1-2H3,(H,80,84)/b7-5-,13-11-,19-17-,24-23-,27-26-,54-52+,62-60+. The Balaban J connectivity index is 1.56. The van der Waals surface area contributed by atoms with Crippen molar-refractivity contribution in [1.82, 2.24) is 5.32 Å². The zero-order valence-corrected chi connectivity index (χ0v) is 59.0. The summed E-state index contributed by atoms with van der Waals surface area (Å²) < 4.78 is 22.9. The van der Waals surface area contributed by atoms with Crippen molar-refractivity contribution in [2.75, 3.05) is 19.8 Å². The Kier molecular flexibility index (Phi) is 58.1. The Morgan fingerprint density at radius 1 is 0.398 bits per heavy atom. The molecule has 1 amide bonds. The number of aliphatic hydroxyl groups excluding tert-OH is 8. The normalized spacial score (nSPS) is 23.0. The fraction of sp³-hybridized carbons (Fsp3) is 0.810. The summed E-state index contributed by atoms with van der Waals surface area (Å²) >= 11 is 0. The Bertz CT molecular complexity index is 1890. The molecule has 0 saturated carbocycles. The summed E-state index contributed by atoms with van der Waals surface area (Å²) in [5, 5.41) is 87.4. The highest BCUT2D eigenvalue weighted by Crippen LogP contribution is 2.30. The summed E-state index contributed by atoms with van der Waals surface area (Å²) in [4.78, 5) is 13.3. The van der Waals surface area contributed by atoms with E-state index in [1.807, 2.05) is 6.08 Å². The highest BCUT2D eigenvalue weighted by molar-refractivity contribution is 5.76. The van der Waals surface area contributed by atoms with Crippen LogP contribution >= 0.6 is 0 Å². The molecule has 2 rings (SSSR count). The lowest BCUT2D eigenvalue weighted by molar-refractivity contribution is -0.359. The lowest BCUT2D eigenvalue weighted by atomic mass is 9.97. The minimum atomic E-state index is -1.79. The zero-order valence-electron chi connectivity index (χ0n) is 59.0. The van der Waals surface area contributed by atoms with E-state index in [-0.39, 0.29) is 18.9 Å². The van der Waals surface area contributed by atoms with Gasteiger partial charge in [0.1, 0.15) is 48.8 Å². The monoisotopic (exact) mass is 1310 g/mol. The minimum Gasteiger partial charge on any atom is -0.394 e. The van der Waals surface area contributed by atoms with Crippen molar-refractivity contribution >= 4 is 5.91 Å². The van der Waals surface area contributed by atoms with Crippen LogP contribution < -0.4 is 5.32 Å². The van der Waals surface area contributed by atoms with Gasteiger partial charge in [0.25, 0.3) is 0 Å². The van der Waals surface area contributed by atoms with Crippen LogP contribution in [0.2, 0.25) is 0 Å². The number of ether oxygens (including phenoxy) is 4. The molecule has 2 saturated heterocycles. The number of carbonyl (C=O) groups excluding carboxylic acids is 1. The third-order valence-electron chi connectivity index (χ3n) is 18.3. The van der Waals surface area contributed by atoms with E-state index in [2.05, 4.69) is 92.1 Å². The summed E-state index contributed by atoms with van der Waals surface area (Å²) in [5.41, 5.74) is 0. The minimum absolute atomic E-state index is 0.245. The van der Waals surface area contributed by atoms with Crippen molar-refractivity contribution in [3.63, 3.8) is 0 Å². The van der Waals surface area contributed by atoms with E-state index < -0.39 is 86.8 Å². The molecule has 12 unspecified atom stereocenters. The third kappa shape index (κ3) is 46.1. The molecule has 540 valence electrons. The van der Waals surface area contributed by atoms with Crippen LogP contribution in [0.1, 0.15) is 316 Å². The number of nitrogens with one attached hydrogen (secondary N) is 1. The number of aliphatic hydroxyl groups is 8. The van der Waals surface area contributed by atoms with Gasteiger partial charge in [-0.1, -0.05) is 317 Å². The molecule has 2 heterocycles. The molecule has 2 fully saturated rings. The van der Waals surface area contributed by atoms with Gasteiger partial charge >= 0.3 is 0 Å². The van der Waals surface area contributed by atoms with Gasteiger partial charge in [-0.25, -0.2) is 0 Å². The molecule has 0 aromatic carbocycles. The largest absolute Gasteiger partial charge is 0.394 e. The van der Waals surface area contributed by atoms with Crippen LogP contribution in [0.25, 0.3) is 0 Å². The lowest BCUT2D eigenvalue weighted by Crippen LogP contribution is -2.65. The summed E-state index contributed by atoms with van der Waals surface area (Å²) in [6.07, 6.45) is 71.0.